The number of rotatable bonds is 3. The molecule has 0 N–H and O–H groups in total. The maximum atomic E-state index is 2.60. The summed E-state index contributed by atoms with van der Waals surface area (Å²) in [5.74, 6) is 0. The van der Waals surface area contributed by atoms with E-state index in [0.717, 1.165) is 7.25 Å². The van der Waals surface area contributed by atoms with Gasteiger partial charge in [0.25, 0.3) is 0 Å². The summed E-state index contributed by atoms with van der Waals surface area (Å²) in [4.78, 5) is 0. The van der Waals surface area contributed by atoms with Gasteiger partial charge in [0.1, 0.15) is 0 Å². The number of allylic oxidation sites excluding steroid dienone is 2. The maximum absolute atomic E-state index is 2.60. The first-order valence-corrected chi connectivity index (χ1v) is 22.6. The summed E-state index contributed by atoms with van der Waals surface area (Å²) in [6.07, 6.45) is 5.06. The van der Waals surface area contributed by atoms with E-state index in [1.54, 1.807) is 22.3 Å². The number of fused-ring (bicyclic) bond motifs is 6. The van der Waals surface area contributed by atoms with E-state index in [1.165, 1.54) is 32.7 Å². The van der Waals surface area contributed by atoms with Gasteiger partial charge in [-0.25, -0.2) is 0 Å². The van der Waals surface area contributed by atoms with Crippen molar-refractivity contribution < 1.29 is 45.7 Å². The average molecular weight is 596 g/mol. The van der Waals surface area contributed by atoms with Crippen LogP contribution in [0.15, 0.2) is 83.9 Å². The Balaban J connectivity index is 0.000000835. The Labute approximate surface area is 232 Å². The normalized spacial score (nSPS) is 17.6. The minimum absolute atomic E-state index is 0. The minimum Gasteiger partial charge on any atom is -1.00 e. The molecule has 0 heterocycles. The Hall–Kier alpha value is -1.44. The third-order valence-electron chi connectivity index (χ3n) is 7.44. The molecular weight excluding hydrogens is 563 g/mol. The number of halogens is 2. The Morgan fingerprint density at radius 1 is 0.600 bits per heavy atom. The van der Waals surface area contributed by atoms with Crippen LogP contribution in [0.4, 0.5) is 0 Å². The first kappa shape index (κ1) is 28.1. The molecule has 2 atom stereocenters. The molecule has 4 aromatic rings. The van der Waals surface area contributed by atoms with Crippen LogP contribution in [0.2, 0.25) is 6.55 Å². The molecule has 0 amide bonds. The standard InChI is InChI=1S/2C14H11.C2H6.CH5Si.2ClH.Zr/c2*1-10-8-12-7-6-11-4-2-3-5-13(11)14(12)9-10;2*1-2;;;/h2*2-9H,1H3;1-2H3;2H2,1H3;2*1H;/q;;;;;;+2/p-2. The zero-order valence-corrected chi connectivity index (χ0v) is 26.6. The molecule has 2 unspecified atom stereocenters. The van der Waals surface area contributed by atoms with Gasteiger partial charge in [0.05, 0.1) is 0 Å². The van der Waals surface area contributed by atoms with E-state index in [4.69, 9.17) is 0 Å². The van der Waals surface area contributed by atoms with Gasteiger partial charge in [-0.1, -0.05) is 13.8 Å². The molecular formula is C31H33Cl2SiZr. The molecule has 0 aliphatic heterocycles. The van der Waals surface area contributed by atoms with Crippen LogP contribution < -0.4 is 24.8 Å². The van der Waals surface area contributed by atoms with Gasteiger partial charge in [0.2, 0.25) is 0 Å². The molecule has 0 saturated carbocycles. The summed E-state index contributed by atoms with van der Waals surface area (Å²) in [6, 6.07) is 27.5. The Morgan fingerprint density at radius 2 is 1.00 bits per heavy atom. The zero-order valence-electron chi connectivity index (χ0n) is 21.2. The Bertz CT molecular complexity index is 1320. The summed E-state index contributed by atoms with van der Waals surface area (Å²) in [7, 11) is 0. The SMILES string of the molecule is CC.C[SiH2][Zr+2]([CH]1C(C)=Cc2c1ccc1ccccc21)[CH]1C(C)=Cc2c1ccc1ccccc21.[Cl-].[Cl-]. The van der Waals surface area contributed by atoms with Gasteiger partial charge in [0, 0.05) is 0 Å². The smallest absolute Gasteiger partial charge is 1.00 e. The molecule has 35 heavy (non-hydrogen) atoms. The number of benzene rings is 4. The molecule has 0 fully saturated rings. The van der Waals surface area contributed by atoms with Crippen LogP contribution in [-0.4, -0.2) is 6.65 Å². The van der Waals surface area contributed by atoms with E-state index in [-0.39, 0.29) is 31.5 Å². The van der Waals surface area contributed by atoms with E-state index < -0.39 is 20.9 Å². The van der Waals surface area contributed by atoms with Crippen LogP contribution in [0, 0.1) is 0 Å². The molecule has 4 heteroatoms. The fourth-order valence-corrected chi connectivity index (χ4v) is 26.7. The van der Waals surface area contributed by atoms with Crippen molar-refractivity contribution in [2.24, 2.45) is 0 Å². The Kier molecular flexibility index (Phi) is 9.44. The van der Waals surface area contributed by atoms with Crippen molar-refractivity contribution in [3.8, 4) is 0 Å². The van der Waals surface area contributed by atoms with Crippen LogP contribution in [-0.2, 0) is 20.9 Å². The molecule has 0 radical (unpaired) electrons. The molecule has 4 aromatic carbocycles. The summed E-state index contributed by atoms with van der Waals surface area (Å²) >= 11 is -1.80. The van der Waals surface area contributed by atoms with Crippen molar-refractivity contribution in [2.75, 3.05) is 0 Å². The second-order valence-corrected chi connectivity index (χ2v) is 25.6. The molecule has 0 aromatic heterocycles. The third kappa shape index (κ3) is 4.69. The van der Waals surface area contributed by atoms with Crippen LogP contribution in [0.5, 0.6) is 0 Å². The molecule has 0 bridgehead atoms. The van der Waals surface area contributed by atoms with E-state index in [9.17, 15) is 0 Å². The largest absolute Gasteiger partial charge is 1.00 e. The van der Waals surface area contributed by atoms with Gasteiger partial charge in [-0.3, -0.25) is 0 Å². The van der Waals surface area contributed by atoms with E-state index >= 15 is 0 Å². The summed E-state index contributed by atoms with van der Waals surface area (Å²) in [5, 5.41) is 5.62. The first-order chi connectivity index (χ1) is 16.2. The van der Waals surface area contributed by atoms with Gasteiger partial charge in [-0.15, -0.1) is 0 Å². The molecule has 179 valence electrons. The van der Waals surface area contributed by atoms with Gasteiger partial charge < -0.3 is 24.8 Å². The first-order valence-electron chi connectivity index (χ1n) is 12.4. The second-order valence-electron chi connectivity index (χ2n) is 9.15. The monoisotopic (exact) mass is 593 g/mol. The van der Waals surface area contributed by atoms with Gasteiger partial charge in [0.15, 0.2) is 0 Å². The third-order valence-corrected chi connectivity index (χ3v) is 26.5. The van der Waals surface area contributed by atoms with Crippen molar-refractivity contribution in [3.05, 3.63) is 106 Å². The molecule has 2 aliphatic rings. The van der Waals surface area contributed by atoms with Gasteiger partial charge in [-0.05, 0) is 0 Å². The molecule has 0 nitrogen and oxygen atoms in total. The molecule has 0 spiro atoms. The summed E-state index contributed by atoms with van der Waals surface area (Å²) in [5.41, 5.74) is 9.58. The number of hydrogen-bond acceptors (Lipinski definition) is 0. The van der Waals surface area contributed by atoms with Crippen molar-refractivity contribution in [3.63, 3.8) is 0 Å². The van der Waals surface area contributed by atoms with Crippen LogP contribution in [0.25, 0.3) is 33.7 Å². The quantitative estimate of drug-likeness (QED) is 0.320. The van der Waals surface area contributed by atoms with Crippen molar-refractivity contribution in [1.29, 1.82) is 0 Å². The summed E-state index contributed by atoms with van der Waals surface area (Å²) in [6.45, 7) is 11.4. The van der Waals surface area contributed by atoms with E-state index in [0.29, 0.717) is 0 Å². The van der Waals surface area contributed by atoms with Crippen LogP contribution >= 0.6 is 0 Å². The van der Waals surface area contributed by atoms with Crippen molar-refractivity contribution in [2.45, 2.75) is 41.5 Å². The number of hydrogen-bond donors (Lipinski definition) is 0. The fraction of sp³-hybridized carbons (Fsp3) is 0.226. The fourth-order valence-electron chi connectivity index (χ4n) is 6.12. The van der Waals surface area contributed by atoms with E-state index in [1.807, 2.05) is 13.8 Å². The topological polar surface area (TPSA) is 0 Å². The molecule has 6 rings (SSSR count). The predicted molar refractivity (Wildman–Crippen MR) is 146 cm³/mol. The minimum atomic E-state index is -1.80. The molecule has 2 aliphatic carbocycles. The molecule has 0 saturated heterocycles. The maximum Gasteiger partial charge on any atom is -1.00 e. The predicted octanol–water partition coefficient (Wildman–Crippen LogP) is 2.39. The van der Waals surface area contributed by atoms with Crippen LogP contribution in [0.3, 0.4) is 0 Å². The Morgan fingerprint density at radius 3 is 1.40 bits per heavy atom. The van der Waals surface area contributed by atoms with Crippen molar-refractivity contribution in [1.82, 2.24) is 0 Å². The zero-order chi connectivity index (χ0) is 23.1. The van der Waals surface area contributed by atoms with Crippen LogP contribution in [0.1, 0.15) is 57.2 Å². The van der Waals surface area contributed by atoms with Crippen molar-refractivity contribution >= 4 is 40.3 Å². The average Bonchev–Trinajstić information content (AvgIpc) is 3.38. The van der Waals surface area contributed by atoms with E-state index in [2.05, 4.69) is 105 Å². The summed E-state index contributed by atoms with van der Waals surface area (Å²) < 4.78 is 1.48. The van der Waals surface area contributed by atoms with Gasteiger partial charge in [-0.2, -0.15) is 0 Å². The van der Waals surface area contributed by atoms with Gasteiger partial charge >= 0.3 is 195 Å². The second kappa shape index (κ2) is 11.7.